The molecule has 3 aromatic rings. The summed E-state index contributed by atoms with van der Waals surface area (Å²) in [6.07, 6.45) is 3.30. The van der Waals surface area contributed by atoms with Gasteiger partial charge in [0.15, 0.2) is 16.8 Å². The Morgan fingerprint density at radius 2 is 1.81 bits per heavy atom. The van der Waals surface area contributed by atoms with Gasteiger partial charge in [-0.15, -0.1) is 11.3 Å². The summed E-state index contributed by atoms with van der Waals surface area (Å²) in [6, 6.07) is 6.49. The Kier molecular flexibility index (Phi) is 4.81. The third-order valence-electron chi connectivity index (χ3n) is 5.02. The number of nitrogens with one attached hydrogen (secondary N) is 1. The largest absolute Gasteiger partial charge is 0.393 e. The Hall–Kier alpha value is -2.87. The monoisotopic (exact) mass is 381 g/mol. The highest BCUT2D eigenvalue weighted by molar-refractivity contribution is 7.13. The first-order valence-corrected chi connectivity index (χ1v) is 9.84. The van der Waals surface area contributed by atoms with E-state index in [9.17, 15) is 0 Å². The molecule has 1 aliphatic rings. The molecule has 1 fully saturated rings. The number of benzene rings is 1. The molecule has 0 saturated carbocycles. The van der Waals surface area contributed by atoms with E-state index in [1.54, 1.807) is 12.5 Å². The van der Waals surface area contributed by atoms with E-state index in [2.05, 4.69) is 62.1 Å². The predicted octanol–water partition coefficient (Wildman–Crippen LogP) is 3.20. The highest BCUT2D eigenvalue weighted by Gasteiger charge is 2.22. The molecular weight excluding hydrogens is 358 g/mol. The van der Waals surface area contributed by atoms with Crippen molar-refractivity contribution in [2.45, 2.75) is 13.8 Å². The number of nitrogens with two attached hydrogens (primary N) is 1. The van der Waals surface area contributed by atoms with Gasteiger partial charge in [-0.1, -0.05) is 12.1 Å². The summed E-state index contributed by atoms with van der Waals surface area (Å²) in [6.45, 7) is 7.95. The molecule has 4 rings (SSSR count). The van der Waals surface area contributed by atoms with Crippen molar-refractivity contribution in [3.05, 3.63) is 47.2 Å². The molecule has 1 aliphatic heterocycles. The van der Waals surface area contributed by atoms with Crippen LogP contribution in [0.25, 0.3) is 0 Å². The maximum atomic E-state index is 6.35. The molecule has 7 nitrogen and oxygen atoms in total. The number of nitrogens with zero attached hydrogens (tertiary/aromatic N) is 5. The van der Waals surface area contributed by atoms with E-state index < -0.39 is 0 Å². The van der Waals surface area contributed by atoms with Crippen molar-refractivity contribution in [1.82, 2.24) is 15.0 Å². The Balaban J connectivity index is 1.49. The lowest BCUT2D eigenvalue weighted by Gasteiger charge is -2.38. The van der Waals surface area contributed by atoms with Crippen molar-refractivity contribution in [2.24, 2.45) is 0 Å². The van der Waals surface area contributed by atoms with Crippen molar-refractivity contribution in [1.29, 1.82) is 0 Å². The standard InChI is InChI=1S/C19H23N7S/c1-13-4-3-5-15(14(13)2)25-7-9-26(10-8-25)18-16(20)17(22-12-23-18)24-19-21-6-11-27-19/h3-6,11-12H,7-10,20H2,1-2H3,(H,21,22,23,24). The molecule has 0 unspecified atom stereocenters. The number of thiazole rings is 1. The first kappa shape index (κ1) is 17.5. The maximum Gasteiger partial charge on any atom is 0.188 e. The second kappa shape index (κ2) is 7.40. The van der Waals surface area contributed by atoms with Gasteiger partial charge >= 0.3 is 0 Å². The first-order chi connectivity index (χ1) is 13.1. The molecule has 0 amide bonds. The molecule has 3 N–H and O–H groups in total. The van der Waals surface area contributed by atoms with Crippen LogP contribution in [0.1, 0.15) is 11.1 Å². The zero-order valence-corrected chi connectivity index (χ0v) is 16.3. The van der Waals surface area contributed by atoms with Crippen LogP contribution in [-0.4, -0.2) is 41.1 Å². The number of hydrogen-bond donors (Lipinski definition) is 2. The molecule has 140 valence electrons. The van der Waals surface area contributed by atoms with Crippen LogP contribution in [0.3, 0.4) is 0 Å². The van der Waals surface area contributed by atoms with E-state index >= 15 is 0 Å². The SMILES string of the molecule is Cc1cccc(N2CCN(c3ncnc(Nc4nccs4)c3N)CC2)c1C. The van der Waals surface area contributed by atoms with Crippen molar-refractivity contribution >= 4 is 39.5 Å². The van der Waals surface area contributed by atoms with E-state index in [1.807, 2.05) is 5.38 Å². The maximum absolute atomic E-state index is 6.35. The average Bonchev–Trinajstić information content (AvgIpc) is 3.19. The van der Waals surface area contributed by atoms with Gasteiger partial charge in [0.1, 0.15) is 12.0 Å². The van der Waals surface area contributed by atoms with Gasteiger partial charge < -0.3 is 20.9 Å². The Labute approximate surface area is 162 Å². The number of piperazine rings is 1. The number of hydrogen-bond acceptors (Lipinski definition) is 8. The number of anilines is 5. The molecule has 27 heavy (non-hydrogen) atoms. The molecule has 3 heterocycles. The van der Waals surface area contributed by atoms with E-state index in [0.29, 0.717) is 11.5 Å². The minimum Gasteiger partial charge on any atom is -0.393 e. The lowest BCUT2D eigenvalue weighted by Crippen LogP contribution is -2.47. The zero-order valence-electron chi connectivity index (χ0n) is 15.5. The van der Waals surface area contributed by atoms with Gasteiger partial charge in [-0.05, 0) is 31.0 Å². The fourth-order valence-corrected chi connectivity index (χ4v) is 3.89. The molecule has 8 heteroatoms. The van der Waals surface area contributed by atoms with Crippen LogP contribution >= 0.6 is 11.3 Å². The summed E-state index contributed by atoms with van der Waals surface area (Å²) in [4.78, 5) is 17.6. The minimum absolute atomic E-state index is 0.563. The fourth-order valence-electron chi connectivity index (χ4n) is 3.36. The lowest BCUT2D eigenvalue weighted by atomic mass is 10.1. The molecule has 0 atom stereocenters. The Morgan fingerprint density at radius 1 is 1.04 bits per heavy atom. The second-order valence-electron chi connectivity index (χ2n) is 6.61. The average molecular weight is 382 g/mol. The highest BCUT2D eigenvalue weighted by atomic mass is 32.1. The van der Waals surface area contributed by atoms with E-state index in [-0.39, 0.29) is 0 Å². The zero-order chi connectivity index (χ0) is 18.8. The lowest BCUT2D eigenvalue weighted by molar-refractivity contribution is 0.646. The van der Waals surface area contributed by atoms with Crippen molar-refractivity contribution in [3.63, 3.8) is 0 Å². The van der Waals surface area contributed by atoms with Gasteiger partial charge in [0.05, 0.1) is 0 Å². The number of aryl methyl sites for hydroxylation is 1. The summed E-state index contributed by atoms with van der Waals surface area (Å²) in [7, 11) is 0. The smallest absolute Gasteiger partial charge is 0.188 e. The van der Waals surface area contributed by atoms with Gasteiger partial charge in [0, 0.05) is 43.4 Å². The fraction of sp³-hybridized carbons (Fsp3) is 0.316. The molecule has 1 aromatic carbocycles. The summed E-state index contributed by atoms with van der Waals surface area (Å²) in [5.41, 5.74) is 10.9. The third-order valence-corrected chi connectivity index (χ3v) is 5.70. The predicted molar refractivity (Wildman–Crippen MR) is 112 cm³/mol. The summed E-state index contributed by atoms with van der Waals surface area (Å²) in [5, 5.41) is 5.85. The van der Waals surface area contributed by atoms with Crippen LogP contribution < -0.4 is 20.9 Å². The second-order valence-corrected chi connectivity index (χ2v) is 7.51. The quantitative estimate of drug-likeness (QED) is 0.718. The number of rotatable bonds is 4. The van der Waals surface area contributed by atoms with Crippen LogP contribution in [0.4, 0.5) is 28.1 Å². The van der Waals surface area contributed by atoms with Crippen molar-refractivity contribution in [2.75, 3.05) is 47.0 Å². The molecule has 0 spiro atoms. The van der Waals surface area contributed by atoms with Crippen molar-refractivity contribution in [3.8, 4) is 0 Å². The summed E-state index contributed by atoms with van der Waals surface area (Å²) >= 11 is 1.51. The van der Waals surface area contributed by atoms with Gasteiger partial charge in [0.25, 0.3) is 0 Å². The molecule has 0 aliphatic carbocycles. The van der Waals surface area contributed by atoms with Crippen LogP contribution in [-0.2, 0) is 0 Å². The summed E-state index contributed by atoms with van der Waals surface area (Å²) < 4.78 is 0. The van der Waals surface area contributed by atoms with Crippen LogP contribution in [0.2, 0.25) is 0 Å². The molecule has 0 radical (unpaired) electrons. The Morgan fingerprint density at radius 3 is 2.56 bits per heavy atom. The van der Waals surface area contributed by atoms with E-state index in [0.717, 1.165) is 37.1 Å². The van der Waals surface area contributed by atoms with Gasteiger partial charge in [-0.2, -0.15) is 0 Å². The van der Waals surface area contributed by atoms with Gasteiger partial charge in [0.2, 0.25) is 0 Å². The van der Waals surface area contributed by atoms with Crippen LogP contribution in [0.5, 0.6) is 0 Å². The summed E-state index contributed by atoms with van der Waals surface area (Å²) in [5.74, 6) is 1.39. The highest BCUT2D eigenvalue weighted by Crippen LogP contribution is 2.31. The van der Waals surface area contributed by atoms with Crippen molar-refractivity contribution < 1.29 is 0 Å². The van der Waals surface area contributed by atoms with E-state index in [4.69, 9.17) is 5.73 Å². The first-order valence-electron chi connectivity index (χ1n) is 8.96. The molecule has 0 bridgehead atoms. The van der Waals surface area contributed by atoms with Crippen LogP contribution in [0, 0.1) is 13.8 Å². The molecule has 2 aromatic heterocycles. The molecule has 1 saturated heterocycles. The third kappa shape index (κ3) is 3.52. The normalized spacial score (nSPS) is 14.4. The van der Waals surface area contributed by atoms with E-state index in [1.165, 1.54) is 28.2 Å². The topological polar surface area (TPSA) is 83.2 Å². The van der Waals surface area contributed by atoms with Gasteiger partial charge in [-0.25, -0.2) is 15.0 Å². The number of aromatic nitrogens is 3. The van der Waals surface area contributed by atoms with Gasteiger partial charge in [-0.3, -0.25) is 0 Å². The molecular formula is C19H23N7S. The minimum atomic E-state index is 0.563. The van der Waals surface area contributed by atoms with Crippen LogP contribution in [0.15, 0.2) is 36.1 Å². The Bertz CT molecular complexity index is 918. The number of nitrogen functional groups attached to an aromatic ring is 1.